The number of piperazine rings is 1. The number of nitrogens with zero attached hydrogens (tertiary/aromatic N) is 7. The molecule has 1 aromatic carbocycles. The van der Waals surface area contributed by atoms with Crippen molar-refractivity contribution in [2.45, 2.75) is 62.7 Å². The number of nitriles is 1. The molecule has 9 heterocycles. The maximum absolute atomic E-state index is 17.3. The standard InChI is InChI=1S/C32H31F3N8O2S/c1-41-10-16-5-17(11-41)43(16)30-24-20-13-44-12-19(20)22(26-23-18(7-36)29(37)46-28(23)21(34)8-38-26)25(35)27(24)39-31(40-30)45-14-32-3-2-4-42(32)9-15(33)6-32/h8,15-17H,2-6,9-14,37H2,1H3/t15-,16?,17?,32+/m1/s1. The first kappa shape index (κ1) is 28.5. The van der Waals surface area contributed by atoms with Gasteiger partial charge >= 0.3 is 6.01 Å². The monoisotopic (exact) mass is 648 g/mol. The van der Waals surface area contributed by atoms with Crippen molar-refractivity contribution in [2.75, 3.05) is 50.5 Å². The van der Waals surface area contributed by atoms with Gasteiger partial charge < -0.3 is 25.0 Å². The van der Waals surface area contributed by atoms with Crippen molar-refractivity contribution in [1.82, 2.24) is 24.8 Å². The number of pyridine rings is 1. The Morgan fingerprint density at radius 2 is 1.98 bits per heavy atom. The summed E-state index contributed by atoms with van der Waals surface area (Å²) in [5.74, 6) is -0.704. The molecular weight excluding hydrogens is 617 g/mol. The third-order valence-electron chi connectivity index (χ3n) is 10.7. The minimum absolute atomic E-state index is 0.0304. The van der Waals surface area contributed by atoms with Crippen LogP contribution in [0.5, 0.6) is 6.01 Å². The molecule has 4 atom stereocenters. The number of alkyl halides is 1. The van der Waals surface area contributed by atoms with Crippen LogP contribution in [-0.2, 0) is 18.0 Å². The number of benzene rings is 1. The highest BCUT2D eigenvalue weighted by Crippen LogP contribution is 2.49. The summed E-state index contributed by atoms with van der Waals surface area (Å²) in [6.07, 6.45) is 3.29. The molecule has 2 N–H and O–H groups in total. The summed E-state index contributed by atoms with van der Waals surface area (Å²) in [5.41, 5.74) is 7.32. The molecule has 0 aliphatic carbocycles. The fourth-order valence-corrected chi connectivity index (χ4v) is 9.61. The first-order chi connectivity index (χ1) is 22.3. The Hall–Kier alpha value is -3.77. The van der Waals surface area contributed by atoms with Crippen LogP contribution < -0.4 is 15.4 Å². The SMILES string of the molecule is CN1CC2CC(C1)N2c1nc(OC[C@@]23CCCN2C[C@H](F)C3)nc2c(F)c(-c3ncc(F)c4sc(N)c(C#N)c34)c3c(c12)COC3. The minimum atomic E-state index is -0.915. The smallest absolute Gasteiger partial charge is 0.319 e. The van der Waals surface area contributed by atoms with Crippen LogP contribution in [0.15, 0.2) is 6.20 Å². The number of anilines is 2. The van der Waals surface area contributed by atoms with Crippen LogP contribution in [0.25, 0.3) is 32.2 Å². The molecule has 5 saturated heterocycles. The number of nitrogen functional groups attached to an aromatic ring is 1. The zero-order valence-electron chi connectivity index (χ0n) is 25.2. The Morgan fingerprint density at radius 1 is 1.17 bits per heavy atom. The molecule has 3 aromatic heterocycles. The van der Waals surface area contributed by atoms with Gasteiger partial charge in [0.25, 0.3) is 0 Å². The Morgan fingerprint density at radius 3 is 2.78 bits per heavy atom. The van der Waals surface area contributed by atoms with Gasteiger partial charge in [-0.1, -0.05) is 0 Å². The topological polar surface area (TPSA) is 117 Å². The van der Waals surface area contributed by atoms with E-state index in [9.17, 15) is 14.0 Å². The largest absolute Gasteiger partial charge is 0.461 e. The Kier molecular flexibility index (Phi) is 6.26. The molecule has 4 aromatic rings. The molecule has 14 heteroatoms. The molecule has 0 radical (unpaired) electrons. The zero-order chi connectivity index (χ0) is 31.5. The van der Waals surface area contributed by atoms with Crippen molar-refractivity contribution in [1.29, 1.82) is 5.26 Å². The second-order valence-electron chi connectivity index (χ2n) is 13.3. The van der Waals surface area contributed by atoms with Crippen molar-refractivity contribution in [3.63, 3.8) is 0 Å². The fourth-order valence-electron chi connectivity index (χ4n) is 8.69. The lowest BCUT2D eigenvalue weighted by atomic mass is 9.86. The maximum atomic E-state index is 17.3. The van der Waals surface area contributed by atoms with E-state index in [1.807, 2.05) is 0 Å². The third-order valence-corrected chi connectivity index (χ3v) is 11.7. The van der Waals surface area contributed by atoms with Crippen LogP contribution in [0.3, 0.4) is 0 Å². The predicted molar refractivity (Wildman–Crippen MR) is 166 cm³/mol. The number of likely N-dealkylation sites (N-methyl/N-ethyl adjacent to an activating group) is 1. The van der Waals surface area contributed by atoms with Crippen molar-refractivity contribution >= 4 is 43.1 Å². The van der Waals surface area contributed by atoms with E-state index in [1.54, 1.807) is 0 Å². The Balaban J connectivity index is 1.26. The van der Waals surface area contributed by atoms with E-state index in [-0.39, 0.29) is 75.3 Å². The van der Waals surface area contributed by atoms with Crippen LogP contribution in [-0.4, -0.2) is 88.4 Å². The first-order valence-electron chi connectivity index (χ1n) is 15.6. The number of nitrogens with two attached hydrogens (primary N) is 1. The second-order valence-corrected chi connectivity index (χ2v) is 14.4. The van der Waals surface area contributed by atoms with E-state index in [2.05, 4.69) is 37.8 Å². The fraction of sp³-hybridized carbons (Fsp3) is 0.500. The van der Waals surface area contributed by atoms with Crippen LogP contribution in [0.4, 0.5) is 24.0 Å². The van der Waals surface area contributed by atoms with Crippen molar-refractivity contribution in [2.24, 2.45) is 0 Å². The molecule has 2 unspecified atom stereocenters. The summed E-state index contributed by atoms with van der Waals surface area (Å²) < 4.78 is 59.1. The third kappa shape index (κ3) is 3.95. The molecule has 0 spiro atoms. The van der Waals surface area contributed by atoms with E-state index in [0.29, 0.717) is 29.7 Å². The van der Waals surface area contributed by atoms with E-state index in [0.717, 1.165) is 62.0 Å². The van der Waals surface area contributed by atoms with Gasteiger partial charge in [0.05, 0.1) is 46.3 Å². The highest BCUT2D eigenvalue weighted by molar-refractivity contribution is 7.23. The van der Waals surface area contributed by atoms with Crippen molar-refractivity contribution < 1.29 is 22.6 Å². The number of thiophene rings is 1. The number of ether oxygens (including phenoxy) is 2. The van der Waals surface area contributed by atoms with E-state index < -0.39 is 23.3 Å². The molecule has 6 aliphatic heterocycles. The van der Waals surface area contributed by atoms with Crippen LogP contribution in [0.1, 0.15) is 42.4 Å². The molecular formula is C32H31F3N8O2S. The van der Waals surface area contributed by atoms with Gasteiger partial charge in [-0.15, -0.1) is 11.3 Å². The molecule has 10 nitrogen and oxygen atoms in total. The number of hydrogen-bond acceptors (Lipinski definition) is 11. The normalized spacial score (nSPS) is 27.3. The van der Waals surface area contributed by atoms with Gasteiger partial charge in [0, 0.05) is 49.1 Å². The summed E-state index contributed by atoms with van der Waals surface area (Å²) in [5, 5.41) is 10.8. The molecule has 0 amide bonds. The van der Waals surface area contributed by atoms with Gasteiger partial charge in [0.1, 0.15) is 35.2 Å². The van der Waals surface area contributed by atoms with Crippen LogP contribution >= 0.6 is 11.3 Å². The van der Waals surface area contributed by atoms with Gasteiger partial charge in [-0.25, -0.2) is 13.2 Å². The number of halogens is 3. The summed E-state index contributed by atoms with van der Waals surface area (Å²) in [7, 11) is 2.09. The quantitative estimate of drug-likeness (QED) is 0.331. The number of hydrogen-bond donors (Lipinski definition) is 1. The number of aromatic nitrogens is 3. The van der Waals surface area contributed by atoms with Crippen molar-refractivity contribution in [3.8, 4) is 23.3 Å². The molecule has 0 saturated carbocycles. The summed E-state index contributed by atoms with van der Waals surface area (Å²) in [6, 6.07) is 2.49. The van der Waals surface area contributed by atoms with E-state index in [4.69, 9.17) is 20.2 Å². The molecule has 6 aliphatic rings. The van der Waals surface area contributed by atoms with Crippen LogP contribution in [0, 0.1) is 23.0 Å². The highest BCUT2D eigenvalue weighted by Gasteiger charge is 2.50. The average molecular weight is 649 g/mol. The first-order valence-corrected chi connectivity index (χ1v) is 16.5. The highest BCUT2D eigenvalue weighted by atomic mass is 32.1. The summed E-state index contributed by atoms with van der Waals surface area (Å²) in [6.45, 7) is 3.42. The van der Waals surface area contributed by atoms with Gasteiger partial charge in [-0.2, -0.15) is 15.2 Å². The van der Waals surface area contributed by atoms with Gasteiger partial charge in [-0.3, -0.25) is 9.88 Å². The summed E-state index contributed by atoms with van der Waals surface area (Å²) >= 11 is 0.936. The molecule has 5 fully saturated rings. The average Bonchev–Trinajstić information content (AvgIpc) is 3.79. The van der Waals surface area contributed by atoms with Crippen molar-refractivity contribution in [3.05, 3.63) is 34.5 Å². The van der Waals surface area contributed by atoms with Crippen LogP contribution in [0.2, 0.25) is 0 Å². The maximum Gasteiger partial charge on any atom is 0.319 e. The second kappa shape index (κ2) is 10.1. The summed E-state index contributed by atoms with van der Waals surface area (Å²) in [4.78, 5) is 20.7. The Bertz CT molecular complexity index is 1990. The Labute approximate surface area is 266 Å². The predicted octanol–water partition coefficient (Wildman–Crippen LogP) is 4.52. The molecule has 2 bridgehead atoms. The minimum Gasteiger partial charge on any atom is -0.461 e. The lowest BCUT2D eigenvalue weighted by Gasteiger charge is -2.56. The number of rotatable bonds is 5. The lowest BCUT2D eigenvalue weighted by molar-refractivity contribution is 0.107. The van der Waals surface area contributed by atoms with Gasteiger partial charge in [0.2, 0.25) is 0 Å². The molecule has 238 valence electrons. The van der Waals surface area contributed by atoms with Gasteiger partial charge in [0.15, 0.2) is 11.6 Å². The number of piperidine rings is 1. The molecule has 46 heavy (non-hydrogen) atoms. The van der Waals surface area contributed by atoms with E-state index >= 15 is 4.39 Å². The zero-order valence-corrected chi connectivity index (χ0v) is 26.0. The van der Waals surface area contributed by atoms with E-state index in [1.165, 1.54) is 0 Å². The lowest BCUT2D eigenvalue weighted by Crippen LogP contribution is -2.68. The molecule has 10 rings (SSSR count). The number of fused-ring (bicyclic) bond motifs is 7. The van der Waals surface area contributed by atoms with Gasteiger partial charge in [-0.05, 0) is 44.0 Å².